The van der Waals surface area contributed by atoms with E-state index in [0.29, 0.717) is 11.7 Å². The molecule has 0 spiro atoms. The normalized spacial score (nSPS) is 19.1. The molecule has 0 unspecified atom stereocenters. The van der Waals surface area contributed by atoms with Crippen molar-refractivity contribution in [2.75, 3.05) is 11.9 Å². The van der Waals surface area contributed by atoms with E-state index in [4.69, 9.17) is 24.9 Å². The first-order chi connectivity index (χ1) is 13.0. The predicted molar refractivity (Wildman–Crippen MR) is 101 cm³/mol. The summed E-state index contributed by atoms with van der Waals surface area (Å²) in [6.07, 6.45) is 4.57. The molecule has 1 aliphatic carbocycles. The van der Waals surface area contributed by atoms with Crippen LogP contribution < -0.4 is 15.8 Å². The highest BCUT2D eigenvalue weighted by Crippen LogP contribution is 2.23. The number of primary sulfonamides is 1. The third-order valence-corrected chi connectivity index (χ3v) is 5.11. The molecule has 1 aromatic rings. The second kappa shape index (κ2) is 10.7. The first-order valence-corrected chi connectivity index (χ1v) is 10.2. The van der Waals surface area contributed by atoms with Crippen LogP contribution in [0.3, 0.4) is 0 Å². The van der Waals surface area contributed by atoms with Crippen LogP contribution in [0.5, 0.6) is 0 Å². The van der Waals surface area contributed by atoms with Gasteiger partial charge in [-0.15, -0.1) is 0 Å². The number of aliphatic carboxylic acids is 2. The minimum Gasteiger partial charge on any atom is -0.473 e. The second-order valence-electron chi connectivity index (χ2n) is 6.57. The Kier molecular flexibility index (Phi) is 9.03. The molecule has 0 aliphatic heterocycles. The number of hydrogen-bond donors (Lipinski definition) is 5. The van der Waals surface area contributed by atoms with Gasteiger partial charge in [0.2, 0.25) is 15.9 Å². The molecule has 10 nitrogen and oxygen atoms in total. The smallest absolute Gasteiger partial charge is 0.414 e. The number of nitrogens with two attached hydrogens (primary N) is 1. The number of amides is 1. The fraction of sp³-hybridized carbons (Fsp3) is 0.471. The lowest BCUT2D eigenvalue weighted by atomic mass is 9.87. The molecule has 0 saturated heterocycles. The average Bonchev–Trinajstić information content (AvgIpc) is 2.61. The summed E-state index contributed by atoms with van der Waals surface area (Å²) < 4.78 is 22.6. The van der Waals surface area contributed by atoms with Crippen molar-refractivity contribution in [1.82, 2.24) is 5.32 Å². The van der Waals surface area contributed by atoms with Crippen LogP contribution >= 0.6 is 0 Å². The molecule has 1 aliphatic rings. The van der Waals surface area contributed by atoms with E-state index in [1.54, 1.807) is 12.1 Å². The minimum atomic E-state index is -3.76. The highest BCUT2D eigenvalue weighted by atomic mass is 32.2. The molecule has 1 saturated carbocycles. The van der Waals surface area contributed by atoms with Gasteiger partial charge in [0.15, 0.2) is 0 Å². The van der Waals surface area contributed by atoms with Gasteiger partial charge in [-0.2, -0.15) is 0 Å². The third-order valence-electron chi connectivity index (χ3n) is 4.20. The van der Waals surface area contributed by atoms with Crippen LogP contribution in [0.2, 0.25) is 0 Å². The molecule has 0 bridgehead atoms. The minimum absolute atomic E-state index is 0.0143. The molecule has 11 heteroatoms. The Morgan fingerprint density at radius 3 is 2.18 bits per heavy atom. The molecule has 156 valence electrons. The predicted octanol–water partition coefficient (Wildman–Crippen LogP) is 0.596. The van der Waals surface area contributed by atoms with Gasteiger partial charge in [-0.1, -0.05) is 13.0 Å². The van der Waals surface area contributed by atoms with Crippen molar-refractivity contribution in [2.24, 2.45) is 11.1 Å². The number of carboxylic acid groups (broad SMARTS) is 2. The molecule has 2 rings (SSSR count). The van der Waals surface area contributed by atoms with E-state index in [2.05, 4.69) is 17.6 Å². The number of carbonyl (C=O) groups excluding carboxylic acids is 1. The molecule has 0 heterocycles. The Morgan fingerprint density at radius 2 is 1.68 bits per heavy atom. The summed E-state index contributed by atoms with van der Waals surface area (Å²) in [5.74, 6) is -3.07. The van der Waals surface area contributed by atoms with Gasteiger partial charge in [-0.25, -0.2) is 23.1 Å². The van der Waals surface area contributed by atoms with E-state index in [1.807, 2.05) is 0 Å². The number of hydrogen-bond acceptors (Lipinski definition) is 6. The van der Waals surface area contributed by atoms with E-state index in [-0.39, 0.29) is 17.3 Å². The largest absolute Gasteiger partial charge is 0.473 e. The molecular formula is C17H25N3O7S. The molecule has 6 N–H and O–H groups in total. The maximum Gasteiger partial charge on any atom is 0.414 e. The zero-order chi connectivity index (χ0) is 21.3. The first kappa shape index (κ1) is 23.5. The Balaban J connectivity index is 0.000000568. The summed E-state index contributed by atoms with van der Waals surface area (Å²) in [5.41, 5.74) is 0.426. The maximum absolute atomic E-state index is 11.9. The topological polar surface area (TPSA) is 176 Å². The summed E-state index contributed by atoms with van der Waals surface area (Å²) >= 11 is 0. The van der Waals surface area contributed by atoms with Crippen molar-refractivity contribution in [3.8, 4) is 0 Å². The molecule has 1 aromatic carbocycles. The van der Waals surface area contributed by atoms with Crippen molar-refractivity contribution in [3.05, 3.63) is 24.3 Å². The quantitative estimate of drug-likeness (QED) is 0.434. The van der Waals surface area contributed by atoms with Crippen LogP contribution in [-0.2, 0) is 24.4 Å². The van der Waals surface area contributed by atoms with Crippen molar-refractivity contribution < 1.29 is 33.0 Å². The number of rotatable bonds is 5. The molecular weight excluding hydrogens is 390 g/mol. The summed E-state index contributed by atoms with van der Waals surface area (Å²) in [6.45, 7) is 2.47. The molecule has 28 heavy (non-hydrogen) atoms. The van der Waals surface area contributed by atoms with Crippen LogP contribution in [0.25, 0.3) is 0 Å². The molecule has 1 amide bonds. The van der Waals surface area contributed by atoms with E-state index < -0.39 is 22.0 Å². The van der Waals surface area contributed by atoms with E-state index >= 15 is 0 Å². The summed E-state index contributed by atoms with van der Waals surface area (Å²) in [4.78, 5) is 30.1. The molecule has 0 radical (unpaired) electrons. The standard InChI is InChI=1S/C15H23N3O3S.C2H2O4/c1-11-5-7-12(8-6-11)17-10-15(19)18-13-3-2-4-14(9-13)22(16,20)21;3-1(4)2(5)6/h2-4,9,11-12,17H,5-8,10H2,1H3,(H,18,19)(H2,16,20,21);(H,3,4)(H,5,6). The van der Waals surface area contributed by atoms with Gasteiger partial charge in [-0.05, 0) is 49.8 Å². The van der Waals surface area contributed by atoms with Gasteiger partial charge in [0, 0.05) is 11.7 Å². The highest BCUT2D eigenvalue weighted by Gasteiger charge is 2.18. The first-order valence-electron chi connectivity index (χ1n) is 8.61. The van der Waals surface area contributed by atoms with E-state index in [0.717, 1.165) is 18.8 Å². The molecule has 0 atom stereocenters. The summed E-state index contributed by atoms with van der Waals surface area (Å²) in [7, 11) is -3.76. The summed E-state index contributed by atoms with van der Waals surface area (Å²) in [6, 6.07) is 6.32. The lowest BCUT2D eigenvalue weighted by Crippen LogP contribution is -2.38. The van der Waals surface area contributed by atoms with Crippen LogP contribution in [-0.4, -0.2) is 49.1 Å². The highest BCUT2D eigenvalue weighted by molar-refractivity contribution is 7.89. The average molecular weight is 415 g/mol. The number of sulfonamides is 1. The van der Waals surface area contributed by atoms with Crippen LogP contribution in [0.1, 0.15) is 32.6 Å². The van der Waals surface area contributed by atoms with Gasteiger partial charge in [0.1, 0.15) is 0 Å². The van der Waals surface area contributed by atoms with Gasteiger partial charge in [0.05, 0.1) is 11.4 Å². The fourth-order valence-corrected chi connectivity index (χ4v) is 3.22. The van der Waals surface area contributed by atoms with Gasteiger partial charge < -0.3 is 20.8 Å². The van der Waals surface area contributed by atoms with Gasteiger partial charge >= 0.3 is 11.9 Å². The van der Waals surface area contributed by atoms with Crippen LogP contribution in [0, 0.1) is 5.92 Å². The Morgan fingerprint density at radius 1 is 1.11 bits per heavy atom. The van der Waals surface area contributed by atoms with Crippen molar-refractivity contribution >= 4 is 33.6 Å². The number of anilines is 1. The number of carbonyl (C=O) groups is 3. The third kappa shape index (κ3) is 8.93. The molecule has 1 fully saturated rings. The summed E-state index contributed by atoms with van der Waals surface area (Å²) in [5, 5.41) is 25.8. The lowest BCUT2D eigenvalue weighted by Gasteiger charge is -2.26. The number of nitrogens with one attached hydrogen (secondary N) is 2. The Labute approximate surface area is 163 Å². The number of benzene rings is 1. The molecule has 0 aromatic heterocycles. The monoisotopic (exact) mass is 415 g/mol. The van der Waals surface area contributed by atoms with Gasteiger partial charge in [0.25, 0.3) is 0 Å². The van der Waals surface area contributed by atoms with Crippen LogP contribution in [0.15, 0.2) is 29.2 Å². The lowest BCUT2D eigenvalue weighted by molar-refractivity contribution is -0.159. The Bertz CT molecular complexity index is 791. The maximum atomic E-state index is 11.9. The van der Waals surface area contributed by atoms with Crippen molar-refractivity contribution in [1.29, 1.82) is 0 Å². The fourth-order valence-electron chi connectivity index (χ4n) is 2.66. The zero-order valence-electron chi connectivity index (χ0n) is 15.4. The Hall–Kier alpha value is -2.50. The van der Waals surface area contributed by atoms with Crippen LogP contribution in [0.4, 0.5) is 5.69 Å². The van der Waals surface area contributed by atoms with E-state index in [9.17, 15) is 13.2 Å². The zero-order valence-corrected chi connectivity index (χ0v) is 16.2. The second-order valence-corrected chi connectivity index (χ2v) is 8.13. The van der Waals surface area contributed by atoms with Gasteiger partial charge in [-0.3, -0.25) is 4.79 Å². The van der Waals surface area contributed by atoms with Crippen molar-refractivity contribution in [3.63, 3.8) is 0 Å². The van der Waals surface area contributed by atoms with E-state index in [1.165, 1.54) is 25.0 Å². The number of carboxylic acids is 2. The SMILES string of the molecule is CC1CCC(NCC(=O)Nc2cccc(S(N)(=O)=O)c2)CC1.O=C(O)C(=O)O. The van der Waals surface area contributed by atoms with Crippen molar-refractivity contribution in [2.45, 2.75) is 43.5 Å².